The minimum atomic E-state index is -0.158. The van der Waals surface area contributed by atoms with Gasteiger partial charge in [0.25, 0.3) is 0 Å². The van der Waals surface area contributed by atoms with E-state index in [9.17, 15) is 4.79 Å². The van der Waals surface area contributed by atoms with Crippen LogP contribution in [0.2, 0.25) is 0 Å². The highest BCUT2D eigenvalue weighted by molar-refractivity contribution is 5.72. The first-order valence-corrected chi connectivity index (χ1v) is 10.8. The van der Waals surface area contributed by atoms with Crippen molar-refractivity contribution in [2.75, 3.05) is 13.1 Å². The molecule has 1 fully saturated rings. The van der Waals surface area contributed by atoms with Gasteiger partial charge in [-0.2, -0.15) is 0 Å². The zero-order chi connectivity index (χ0) is 20.8. The molecule has 3 aromatic rings. The van der Waals surface area contributed by atoms with E-state index in [1.165, 1.54) is 11.1 Å². The van der Waals surface area contributed by atoms with Crippen LogP contribution in [-0.4, -0.2) is 30.0 Å². The highest BCUT2D eigenvalue weighted by Crippen LogP contribution is 2.46. The molecule has 1 aliphatic rings. The first-order chi connectivity index (χ1) is 14.7. The first kappa shape index (κ1) is 20.4. The molecule has 1 unspecified atom stereocenters. The fourth-order valence-corrected chi connectivity index (χ4v) is 5.01. The summed E-state index contributed by atoms with van der Waals surface area (Å²) in [5.74, 6) is -0.158. The van der Waals surface area contributed by atoms with Crippen molar-refractivity contribution in [3.8, 4) is 0 Å². The number of esters is 1. The Balaban J connectivity index is 1.56. The number of nitrogens with zero attached hydrogens (tertiary/aromatic N) is 1. The summed E-state index contributed by atoms with van der Waals surface area (Å²) in [6, 6.07) is 31.6. The van der Waals surface area contributed by atoms with Gasteiger partial charge in [-0.05, 0) is 29.5 Å². The Kier molecular flexibility index (Phi) is 6.29. The molecule has 0 bridgehead atoms. The Bertz CT molecular complexity index is 901. The Morgan fingerprint density at radius 3 is 1.97 bits per heavy atom. The van der Waals surface area contributed by atoms with Crippen molar-refractivity contribution in [1.82, 2.24) is 4.90 Å². The number of rotatable bonds is 7. The van der Waals surface area contributed by atoms with E-state index < -0.39 is 0 Å². The quantitative estimate of drug-likeness (QED) is 0.512. The van der Waals surface area contributed by atoms with E-state index in [2.05, 4.69) is 72.5 Å². The van der Waals surface area contributed by atoms with Crippen molar-refractivity contribution < 1.29 is 9.53 Å². The number of carbonyl (C=O) groups excluding carboxylic acids is 1. The fourth-order valence-electron chi connectivity index (χ4n) is 5.01. The second-order valence-corrected chi connectivity index (χ2v) is 7.99. The topological polar surface area (TPSA) is 29.5 Å². The van der Waals surface area contributed by atoms with Gasteiger partial charge >= 0.3 is 5.97 Å². The van der Waals surface area contributed by atoms with Gasteiger partial charge < -0.3 is 4.74 Å². The summed E-state index contributed by atoms with van der Waals surface area (Å²) in [5.41, 5.74) is 3.55. The Morgan fingerprint density at radius 1 is 0.900 bits per heavy atom. The van der Waals surface area contributed by atoms with Crippen molar-refractivity contribution in [1.29, 1.82) is 0 Å². The molecular formula is C27H29NO2. The fraction of sp³-hybridized carbons (Fsp3) is 0.296. The summed E-state index contributed by atoms with van der Waals surface area (Å²) in [7, 11) is 0. The van der Waals surface area contributed by atoms with E-state index in [0.29, 0.717) is 13.2 Å². The van der Waals surface area contributed by atoms with Gasteiger partial charge in [0.1, 0.15) is 6.61 Å². The molecule has 1 heterocycles. The molecular weight excluding hydrogens is 370 g/mol. The third kappa shape index (κ3) is 4.03. The molecule has 0 radical (unpaired) electrons. The zero-order valence-corrected chi connectivity index (χ0v) is 17.5. The van der Waals surface area contributed by atoms with Crippen LogP contribution in [0.5, 0.6) is 0 Å². The lowest BCUT2D eigenvalue weighted by atomic mass is 9.68. The van der Waals surface area contributed by atoms with Crippen LogP contribution in [0.15, 0.2) is 91.0 Å². The number of hydrogen-bond acceptors (Lipinski definition) is 3. The van der Waals surface area contributed by atoms with Gasteiger partial charge in [0, 0.05) is 18.0 Å². The molecule has 4 rings (SSSR count). The average Bonchev–Trinajstić information content (AvgIpc) is 3.18. The second kappa shape index (κ2) is 9.27. The van der Waals surface area contributed by atoms with Crippen LogP contribution in [-0.2, 0) is 21.6 Å². The van der Waals surface area contributed by atoms with Gasteiger partial charge in [0.15, 0.2) is 0 Å². The standard InChI is InChI=1S/C27H29NO2/c1-2-25-27(23-14-8-4-9-15-23,24-16-10-5-11-17-24)18-19-28(25)20-26(29)30-21-22-12-6-3-7-13-22/h3-17,25H,2,18-21H2,1H3. The predicted molar refractivity (Wildman–Crippen MR) is 120 cm³/mol. The van der Waals surface area contributed by atoms with E-state index in [0.717, 1.165) is 24.9 Å². The molecule has 0 aliphatic carbocycles. The highest BCUT2D eigenvalue weighted by Gasteiger charge is 2.49. The normalized spacial score (nSPS) is 18.2. The van der Waals surface area contributed by atoms with Gasteiger partial charge in [-0.3, -0.25) is 9.69 Å². The van der Waals surface area contributed by atoms with Crippen LogP contribution in [0.3, 0.4) is 0 Å². The molecule has 1 atom stereocenters. The lowest BCUT2D eigenvalue weighted by molar-refractivity contribution is -0.146. The van der Waals surface area contributed by atoms with Gasteiger partial charge in [-0.1, -0.05) is 97.9 Å². The average molecular weight is 400 g/mol. The lowest BCUT2D eigenvalue weighted by Gasteiger charge is -2.39. The second-order valence-electron chi connectivity index (χ2n) is 7.99. The van der Waals surface area contributed by atoms with Gasteiger partial charge in [-0.15, -0.1) is 0 Å². The summed E-state index contributed by atoms with van der Waals surface area (Å²) < 4.78 is 5.58. The number of benzene rings is 3. The Morgan fingerprint density at radius 2 is 1.43 bits per heavy atom. The molecule has 3 heteroatoms. The molecule has 0 saturated carbocycles. The highest BCUT2D eigenvalue weighted by atomic mass is 16.5. The molecule has 0 aromatic heterocycles. The number of hydrogen-bond donors (Lipinski definition) is 0. The summed E-state index contributed by atoms with van der Waals surface area (Å²) in [6.07, 6.45) is 1.96. The SMILES string of the molecule is CCC1N(CC(=O)OCc2ccccc2)CCC1(c1ccccc1)c1ccccc1. The minimum Gasteiger partial charge on any atom is -0.460 e. The summed E-state index contributed by atoms with van der Waals surface area (Å²) in [5, 5.41) is 0. The summed E-state index contributed by atoms with van der Waals surface area (Å²) >= 11 is 0. The predicted octanol–water partition coefficient (Wildman–Crippen LogP) is 5.20. The van der Waals surface area contributed by atoms with Crippen LogP contribution < -0.4 is 0 Å². The van der Waals surface area contributed by atoms with Crippen molar-refractivity contribution in [3.63, 3.8) is 0 Å². The third-order valence-corrected chi connectivity index (χ3v) is 6.34. The van der Waals surface area contributed by atoms with E-state index in [1.54, 1.807) is 0 Å². The molecule has 1 saturated heterocycles. The van der Waals surface area contributed by atoms with Gasteiger partial charge in [0.05, 0.1) is 6.54 Å². The van der Waals surface area contributed by atoms with Gasteiger partial charge in [0.2, 0.25) is 0 Å². The number of ether oxygens (including phenoxy) is 1. The third-order valence-electron chi connectivity index (χ3n) is 6.34. The summed E-state index contributed by atoms with van der Waals surface area (Å²) in [4.78, 5) is 15.0. The van der Waals surface area contributed by atoms with Crippen molar-refractivity contribution >= 4 is 5.97 Å². The Labute approximate surface area is 179 Å². The minimum absolute atomic E-state index is 0.114. The lowest BCUT2D eigenvalue weighted by Crippen LogP contribution is -2.45. The maximum atomic E-state index is 12.7. The first-order valence-electron chi connectivity index (χ1n) is 10.8. The monoisotopic (exact) mass is 399 g/mol. The number of carbonyl (C=O) groups is 1. The van der Waals surface area contributed by atoms with Crippen molar-refractivity contribution in [3.05, 3.63) is 108 Å². The smallest absolute Gasteiger partial charge is 0.320 e. The van der Waals surface area contributed by atoms with Crippen molar-refractivity contribution in [2.45, 2.75) is 37.8 Å². The van der Waals surface area contributed by atoms with Crippen LogP contribution in [0.1, 0.15) is 36.5 Å². The van der Waals surface area contributed by atoms with Crippen LogP contribution in [0.25, 0.3) is 0 Å². The van der Waals surface area contributed by atoms with Crippen LogP contribution in [0, 0.1) is 0 Å². The van der Waals surface area contributed by atoms with E-state index >= 15 is 0 Å². The number of likely N-dealkylation sites (tertiary alicyclic amines) is 1. The maximum absolute atomic E-state index is 12.7. The van der Waals surface area contributed by atoms with Gasteiger partial charge in [-0.25, -0.2) is 0 Å². The Hall–Kier alpha value is -2.91. The molecule has 0 amide bonds. The molecule has 3 aromatic carbocycles. The van der Waals surface area contributed by atoms with Crippen LogP contribution in [0.4, 0.5) is 0 Å². The molecule has 3 nitrogen and oxygen atoms in total. The molecule has 0 spiro atoms. The van der Waals surface area contributed by atoms with Crippen LogP contribution >= 0.6 is 0 Å². The molecule has 30 heavy (non-hydrogen) atoms. The molecule has 0 N–H and O–H groups in total. The molecule has 1 aliphatic heterocycles. The van der Waals surface area contributed by atoms with Crippen molar-refractivity contribution in [2.24, 2.45) is 0 Å². The van der Waals surface area contributed by atoms with E-state index in [1.807, 2.05) is 30.3 Å². The summed E-state index contributed by atoms with van der Waals surface area (Å²) in [6.45, 7) is 3.75. The zero-order valence-electron chi connectivity index (χ0n) is 17.5. The van der Waals surface area contributed by atoms with E-state index in [4.69, 9.17) is 4.74 Å². The van der Waals surface area contributed by atoms with E-state index in [-0.39, 0.29) is 17.4 Å². The largest absolute Gasteiger partial charge is 0.460 e. The maximum Gasteiger partial charge on any atom is 0.320 e. The molecule has 154 valence electrons.